The minimum atomic E-state index is 0.0531. The van der Waals surface area contributed by atoms with Crippen LogP contribution in [0.5, 0.6) is 0 Å². The molecule has 2 atom stereocenters. The first-order valence-electron chi connectivity index (χ1n) is 13.0. The van der Waals surface area contributed by atoms with E-state index < -0.39 is 0 Å². The van der Waals surface area contributed by atoms with Gasteiger partial charge in [-0.2, -0.15) is 5.10 Å². The molecule has 2 heterocycles. The summed E-state index contributed by atoms with van der Waals surface area (Å²) >= 11 is 0. The molecule has 1 fully saturated rings. The molecule has 1 saturated carbocycles. The van der Waals surface area contributed by atoms with Crippen LogP contribution >= 0.6 is 0 Å². The van der Waals surface area contributed by atoms with Crippen molar-refractivity contribution in [2.75, 3.05) is 10.6 Å². The van der Waals surface area contributed by atoms with Gasteiger partial charge < -0.3 is 22.1 Å². The van der Waals surface area contributed by atoms with Crippen molar-refractivity contribution in [2.45, 2.75) is 84.8 Å². The maximum atomic E-state index is 6.69. The Labute approximate surface area is 209 Å². The third-order valence-electron chi connectivity index (χ3n) is 7.70. The molecule has 2 unspecified atom stereocenters. The van der Waals surface area contributed by atoms with Gasteiger partial charge in [0.05, 0.1) is 11.7 Å². The first kappa shape index (κ1) is 25.0. The highest BCUT2D eigenvalue weighted by Gasteiger charge is 2.38. The number of hydrogen-bond donors (Lipinski definition) is 4. The van der Waals surface area contributed by atoms with Crippen molar-refractivity contribution in [3.63, 3.8) is 0 Å². The number of rotatable bonds is 9. The summed E-state index contributed by atoms with van der Waals surface area (Å²) in [7, 11) is 0. The molecule has 188 valence electrons. The zero-order chi connectivity index (χ0) is 25.2. The van der Waals surface area contributed by atoms with Crippen LogP contribution in [0.4, 0.5) is 17.3 Å². The second-order valence-electron chi connectivity index (χ2n) is 10.3. The molecule has 1 aromatic carbocycles. The second-order valence-corrected chi connectivity index (χ2v) is 10.3. The predicted octanol–water partition coefficient (Wildman–Crippen LogP) is 5.92. The molecule has 6 N–H and O–H groups in total. The maximum absolute atomic E-state index is 6.69. The van der Waals surface area contributed by atoms with Gasteiger partial charge in [0.1, 0.15) is 11.6 Å². The van der Waals surface area contributed by atoms with E-state index >= 15 is 0 Å². The number of nitrogens with one attached hydrogen (secondary N) is 2. The van der Waals surface area contributed by atoms with Gasteiger partial charge in [-0.05, 0) is 68.4 Å². The van der Waals surface area contributed by atoms with E-state index in [-0.39, 0.29) is 17.5 Å². The quantitative estimate of drug-likeness (QED) is 0.306. The molecule has 0 aliphatic heterocycles. The lowest BCUT2D eigenvalue weighted by Gasteiger charge is -2.44. The first-order valence-corrected chi connectivity index (χ1v) is 13.0. The van der Waals surface area contributed by atoms with Crippen LogP contribution in [-0.4, -0.2) is 26.8 Å². The molecule has 0 saturated heterocycles. The number of anilines is 3. The third kappa shape index (κ3) is 5.15. The van der Waals surface area contributed by atoms with Gasteiger partial charge in [0.2, 0.25) is 0 Å². The van der Waals surface area contributed by atoms with E-state index in [9.17, 15) is 0 Å². The van der Waals surface area contributed by atoms with E-state index in [1.54, 1.807) is 0 Å². The van der Waals surface area contributed by atoms with E-state index in [0.29, 0.717) is 11.5 Å². The summed E-state index contributed by atoms with van der Waals surface area (Å²) < 4.78 is 1.99. The maximum Gasteiger partial charge on any atom is 0.142 e. The average molecular weight is 476 g/mol. The van der Waals surface area contributed by atoms with Crippen LogP contribution in [0.25, 0.3) is 16.6 Å². The zero-order valence-electron chi connectivity index (χ0n) is 21.7. The molecule has 1 aliphatic rings. The Morgan fingerprint density at radius 1 is 1.17 bits per heavy atom. The number of nitrogens with two attached hydrogens (primary N) is 2. The SMILES string of the molecule is C=C(N)c1cc(C)c(NC(C(N)CC)C2(C)CCCCC2)nc1Nc1ccc2c(cnn2CC)c1. The van der Waals surface area contributed by atoms with Crippen molar-refractivity contribution in [1.82, 2.24) is 14.8 Å². The third-order valence-corrected chi connectivity index (χ3v) is 7.70. The number of aromatic nitrogens is 3. The Kier molecular flexibility index (Phi) is 7.36. The summed E-state index contributed by atoms with van der Waals surface area (Å²) in [6.07, 6.45) is 9.01. The van der Waals surface area contributed by atoms with Crippen molar-refractivity contribution < 1.29 is 0 Å². The standard InChI is InChI=1S/C28H41N7/c1-6-23(30)25(28(5)13-9-8-10-14-28)33-26-18(3)15-22(19(4)29)27(34-26)32-21-11-12-24-20(16-21)17-31-35(24)7-2/h11-12,15-17,23,25H,4,6-10,13-14,29-30H2,1-3,5H3,(H2,32,33,34). The lowest BCUT2D eigenvalue weighted by molar-refractivity contribution is 0.162. The fourth-order valence-corrected chi connectivity index (χ4v) is 5.50. The van der Waals surface area contributed by atoms with Gasteiger partial charge in [-0.1, -0.05) is 39.7 Å². The highest BCUT2D eigenvalue weighted by Crippen LogP contribution is 2.41. The molecule has 7 heteroatoms. The summed E-state index contributed by atoms with van der Waals surface area (Å²) in [5.41, 5.74) is 17.4. The Morgan fingerprint density at radius 3 is 2.57 bits per heavy atom. The average Bonchev–Trinajstić information content (AvgIpc) is 3.26. The van der Waals surface area contributed by atoms with Crippen LogP contribution in [0.1, 0.15) is 70.4 Å². The second kappa shape index (κ2) is 10.3. The molecule has 2 aromatic heterocycles. The Balaban J connectivity index is 1.69. The summed E-state index contributed by atoms with van der Waals surface area (Å²) in [6, 6.07) is 8.48. The van der Waals surface area contributed by atoms with Crippen molar-refractivity contribution in [3.05, 3.63) is 48.2 Å². The van der Waals surface area contributed by atoms with Crippen LogP contribution in [0.15, 0.2) is 37.0 Å². The van der Waals surface area contributed by atoms with Gasteiger partial charge in [0.15, 0.2) is 0 Å². The Bertz CT molecular complexity index is 1190. The number of pyridine rings is 1. The summed E-state index contributed by atoms with van der Waals surface area (Å²) in [4.78, 5) is 5.03. The van der Waals surface area contributed by atoms with E-state index in [1.165, 1.54) is 32.1 Å². The van der Waals surface area contributed by atoms with E-state index in [1.807, 2.05) is 16.9 Å². The molecular formula is C28H41N7. The first-order chi connectivity index (χ1) is 16.8. The van der Waals surface area contributed by atoms with Gasteiger partial charge in [-0.25, -0.2) is 4.98 Å². The van der Waals surface area contributed by atoms with Gasteiger partial charge in [0.25, 0.3) is 0 Å². The monoisotopic (exact) mass is 475 g/mol. The number of fused-ring (bicyclic) bond motifs is 1. The van der Waals surface area contributed by atoms with E-state index in [4.69, 9.17) is 16.5 Å². The van der Waals surface area contributed by atoms with Gasteiger partial charge >= 0.3 is 0 Å². The largest absolute Gasteiger partial charge is 0.399 e. The minimum Gasteiger partial charge on any atom is -0.399 e. The topological polar surface area (TPSA) is 107 Å². The smallest absolute Gasteiger partial charge is 0.142 e. The van der Waals surface area contributed by atoms with Crippen LogP contribution in [0.2, 0.25) is 0 Å². The van der Waals surface area contributed by atoms with E-state index in [2.05, 4.69) is 68.2 Å². The number of hydrogen-bond acceptors (Lipinski definition) is 6. The summed E-state index contributed by atoms with van der Waals surface area (Å²) in [6.45, 7) is 13.5. The van der Waals surface area contributed by atoms with Crippen LogP contribution in [-0.2, 0) is 6.54 Å². The highest BCUT2D eigenvalue weighted by molar-refractivity contribution is 5.85. The van der Waals surface area contributed by atoms with Gasteiger partial charge in [0, 0.05) is 41.0 Å². The molecule has 0 bridgehead atoms. The van der Waals surface area contributed by atoms with Crippen LogP contribution < -0.4 is 22.1 Å². The number of benzene rings is 1. The van der Waals surface area contributed by atoms with E-state index in [0.717, 1.165) is 46.5 Å². The van der Waals surface area contributed by atoms with Crippen LogP contribution in [0.3, 0.4) is 0 Å². The minimum absolute atomic E-state index is 0.0531. The Hall–Kier alpha value is -3.06. The predicted molar refractivity (Wildman–Crippen MR) is 148 cm³/mol. The molecule has 0 radical (unpaired) electrons. The fraction of sp³-hybridized carbons (Fsp3) is 0.500. The van der Waals surface area contributed by atoms with Crippen molar-refractivity contribution in [1.29, 1.82) is 0 Å². The molecule has 4 rings (SSSR count). The molecule has 0 spiro atoms. The fourth-order valence-electron chi connectivity index (χ4n) is 5.50. The lowest BCUT2D eigenvalue weighted by Crippen LogP contribution is -2.51. The van der Waals surface area contributed by atoms with Gasteiger partial charge in [-0.3, -0.25) is 4.68 Å². The summed E-state index contributed by atoms with van der Waals surface area (Å²) in [5.74, 6) is 1.53. The van der Waals surface area contributed by atoms with Crippen molar-refractivity contribution >= 4 is 33.9 Å². The van der Waals surface area contributed by atoms with Gasteiger partial charge in [-0.15, -0.1) is 0 Å². The molecule has 35 heavy (non-hydrogen) atoms. The van der Waals surface area contributed by atoms with Crippen molar-refractivity contribution in [2.24, 2.45) is 16.9 Å². The molecule has 0 amide bonds. The van der Waals surface area contributed by atoms with Crippen LogP contribution in [0, 0.1) is 12.3 Å². The number of nitrogens with zero attached hydrogens (tertiary/aromatic N) is 3. The normalized spacial score (nSPS) is 17.2. The zero-order valence-corrected chi connectivity index (χ0v) is 21.7. The number of aryl methyl sites for hydroxylation is 2. The molecule has 7 nitrogen and oxygen atoms in total. The summed E-state index contributed by atoms with van der Waals surface area (Å²) in [5, 5.41) is 12.8. The highest BCUT2D eigenvalue weighted by atomic mass is 15.3. The van der Waals surface area contributed by atoms with Crippen molar-refractivity contribution in [3.8, 4) is 0 Å². The molecular weight excluding hydrogens is 434 g/mol. The molecule has 1 aliphatic carbocycles. The lowest BCUT2D eigenvalue weighted by atomic mass is 9.68. The Morgan fingerprint density at radius 2 is 1.91 bits per heavy atom. The molecule has 3 aromatic rings.